The van der Waals surface area contributed by atoms with Gasteiger partial charge in [0.25, 0.3) is 0 Å². The summed E-state index contributed by atoms with van der Waals surface area (Å²) >= 11 is 3.44. The maximum atomic E-state index is 13.2. The van der Waals surface area contributed by atoms with Crippen LogP contribution >= 0.6 is 15.9 Å². The fourth-order valence-corrected chi connectivity index (χ4v) is 5.58. The van der Waals surface area contributed by atoms with Gasteiger partial charge in [0.15, 0.2) is 0 Å². The summed E-state index contributed by atoms with van der Waals surface area (Å²) in [6.07, 6.45) is 3.89. The Morgan fingerprint density at radius 3 is 2.73 bits per heavy atom. The molecule has 0 saturated heterocycles. The lowest BCUT2D eigenvalue weighted by molar-refractivity contribution is -0.144. The average Bonchev–Trinajstić information content (AvgIpc) is 3.04. The molecule has 0 saturated carbocycles. The number of carbonyl (C=O) groups is 1. The molecule has 1 unspecified atom stereocenters. The zero-order valence-electron chi connectivity index (χ0n) is 17.7. The van der Waals surface area contributed by atoms with E-state index in [0.29, 0.717) is 13.0 Å². The zero-order chi connectivity index (χ0) is 22.1. The first-order valence-corrected chi connectivity index (χ1v) is 12.3. The molecule has 30 heavy (non-hydrogen) atoms. The number of sulfonamides is 1. The van der Waals surface area contributed by atoms with Crippen LogP contribution in [0.25, 0.3) is 0 Å². The van der Waals surface area contributed by atoms with Crippen LogP contribution in [0.5, 0.6) is 0 Å². The van der Waals surface area contributed by atoms with E-state index in [1.165, 1.54) is 0 Å². The van der Waals surface area contributed by atoms with E-state index in [1.54, 1.807) is 29.9 Å². The summed E-state index contributed by atoms with van der Waals surface area (Å²) < 4.78 is 36.5. The first-order chi connectivity index (χ1) is 14.0. The molecule has 1 aliphatic rings. The number of nitrogens with one attached hydrogen (secondary N) is 1. The van der Waals surface area contributed by atoms with Gasteiger partial charge in [-0.15, -0.1) is 0 Å². The fraction of sp³-hybridized carbons (Fsp3) is 0.524. The highest BCUT2D eigenvalue weighted by Crippen LogP contribution is 2.33. The van der Waals surface area contributed by atoms with E-state index in [4.69, 9.17) is 4.74 Å². The van der Waals surface area contributed by atoms with Gasteiger partial charge in [0.1, 0.15) is 6.54 Å². The first kappa shape index (κ1) is 23.0. The normalized spacial score (nSPS) is 16.9. The van der Waals surface area contributed by atoms with Crippen molar-refractivity contribution in [3.05, 3.63) is 45.7 Å². The Morgan fingerprint density at radius 2 is 2.07 bits per heavy atom. The Bertz CT molecular complexity index is 1040. The van der Waals surface area contributed by atoms with Gasteiger partial charge in [-0.25, -0.2) is 13.1 Å². The largest absolute Gasteiger partial charge is 0.465 e. The molecular weight excluding hydrogens is 470 g/mol. The van der Waals surface area contributed by atoms with Gasteiger partial charge in [-0.2, -0.15) is 5.10 Å². The third-order valence-electron chi connectivity index (χ3n) is 5.19. The van der Waals surface area contributed by atoms with Crippen LogP contribution in [0, 0.1) is 0 Å². The molecule has 0 spiro atoms. The van der Waals surface area contributed by atoms with Crippen LogP contribution < -0.4 is 4.72 Å². The SMILES string of the molecule is CCOC(=O)Cn1ncc2c1CCCC2NS(=O)(=O)c1cc(Br)cc(C(C)(C)C)c1. The van der Waals surface area contributed by atoms with E-state index in [2.05, 4.69) is 25.8 Å². The summed E-state index contributed by atoms with van der Waals surface area (Å²) in [6, 6.07) is 4.90. The Hall–Kier alpha value is -1.71. The minimum Gasteiger partial charge on any atom is -0.465 e. The standard InChI is InChI=1S/C21H28BrN3O4S/c1-5-29-20(26)13-25-19-8-6-7-18(17(19)12-23-25)24-30(27,28)16-10-14(21(2,3)4)9-15(22)11-16/h9-12,18,24H,5-8,13H2,1-4H3. The van der Waals surface area contributed by atoms with Crippen molar-refractivity contribution in [2.24, 2.45) is 0 Å². The monoisotopic (exact) mass is 497 g/mol. The third-order valence-corrected chi connectivity index (χ3v) is 7.10. The van der Waals surface area contributed by atoms with Gasteiger partial charge in [0.2, 0.25) is 10.0 Å². The number of ether oxygens (including phenoxy) is 1. The molecule has 9 heteroatoms. The lowest BCUT2D eigenvalue weighted by atomic mass is 9.87. The highest BCUT2D eigenvalue weighted by Gasteiger charge is 2.30. The van der Waals surface area contributed by atoms with Crippen LogP contribution in [-0.2, 0) is 37.9 Å². The van der Waals surface area contributed by atoms with Crippen molar-refractivity contribution in [3.63, 3.8) is 0 Å². The van der Waals surface area contributed by atoms with Crippen molar-refractivity contribution < 1.29 is 17.9 Å². The number of halogens is 1. The third kappa shape index (κ3) is 5.12. The lowest BCUT2D eigenvalue weighted by Crippen LogP contribution is -2.31. The molecule has 0 bridgehead atoms. The number of hydrogen-bond donors (Lipinski definition) is 1. The fourth-order valence-electron chi connectivity index (χ4n) is 3.61. The number of esters is 1. The van der Waals surface area contributed by atoms with Crippen LogP contribution in [0.2, 0.25) is 0 Å². The number of nitrogens with zero attached hydrogens (tertiary/aromatic N) is 2. The smallest absolute Gasteiger partial charge is 0.327 e. The van der Waals surface area contributed by atoms with Gasteiger partial charge < -0.3 is 4.74 Å². The van der Waals surface area contributed by atoms with Crippen LogP contribution in [0.3, 0.4) is 0 Å². The van der Waals surface area contributed by atoms with Gasteiger partial charge in [-0.3, -0.25) is 9.48 Å². The summed E-state index contributed by atoms with van der Waals surface area (Å²) in [4.78, 5) is 12.1. The average molecular weight is 498 g/mol. The predicted octanol–water partition coefficient (Wildman–Crippen LogP) is 3.86. The number of hydrogen-bond acceptors (Lipinski definition) is 5. The van der Waals surface area contributed by atoms with Crippen molar-refractivity contribution in [1.82, 2.24) is 14.5 Å². The molecule has 7 nitrogen and oxygen atoms in total. The van der Waals surface area contributed by atoms with Gasteiger partial charge in [-0.1, -0.05) is 36.7 Å². The van der Waals surface area contributed by atoms with Crippen molar-refractivity contribution >= 4 is 31.9 Å². The highest BCUT2D eigenvalue weighted by atomic mass is 79.9. The predicted molar refractivity (Wildman–Crippen MR) is 118 cm³/mol. The molecule has 1 aliphatic carbocycles. The Labute approximate surface area is 186 Å². The molecule has 0 amide bonds. The minimum atomic E-state index is -3.74. The Balaban J connectivity index is 1.87. The van der Waals surface area contributed by atoms with E-state index in [9.17, 15) is 13.2 Å². The molecule has 3 rings (SSSR count). The maximum absolute atomic E-state index is 13.2. The molecule has 2 aromatic rings. The van der Waals surface area contributed by atoms with E-state index in [0.717, 1.165) is 34.1 Å². The number of benzene rings is 1. The molecule has 1 N–H and O–H groups in total. The maximum Gasteiger partial charge on any atom is 0.327 e. The Kier molecular flexibility index (Phi) is 6.74. The first-order valence-electron chi connectivity index (χ1n) is 10.0. The molecule has 1 heterocycles. The summed E-state index contributed by atoms with van der Waals surface area (Å²) in [5.74, 6) is -0.352. The number of carbonyl (C=O) groups excluding carboxylic acids is 1. The lowest BCUT2D eigenvalue weighted by Gasteiger charge is -2.25. The zero-order valence-corrected chi connectivity index (χ0v) is 20.1. The van der Waals surface area contributed by atoms with Crippen LogP contribution in [-0.4, -0.2) is 30.8 Å². The van der Waals surface area contributed by atoms with Crippen molar-refractivity contribution in [2.45, 2.75) is 69.9 Å². The summed E-state index contributed by atoms with van der Waals surface area (Å²) in [5, 5.41) is 4.31. The number of aromatic nitrogens is 2. The van der Waals surface area contributed by atoms with Crippen LogP contribution in [0.4, 0.5) is 0 Å². The summed E-state index contributed by atoms with van der Waals surface area (Å²) in [5.41, 5.74) is 2.45. The van der Waals surface area contributed by atoms with Crippen molar-refractivity contribution in [1.29, 1.82) is 0 Å². The number of fused-ring (bicyclic) bond motifs is 1. The van der Waals surface area contributed by atoms with Gasteiger partial charge in [0.05, 0.1) is 23.7 Å². The molecule has 1 aromatic heterocycles. The topological polar surface area (TPSA) is 90.3 Å². The van der Waals surface area contributed by atoms with E-state index in [-0.39, 0.29) is 28.9 Å². The molecular formula is C21H28BrN3O4S. The van der Waals surface area contributed by atoms with Gasteiger partial charge in [0, 0.05) is 15.7 Å². The highest BCUT2D eigenvalue weighted by molar-refractivity contribution is 9.10. The second kappa shape index (κ2) is 8.80. The van der Waals surface area contributed by atoms with Gasteiger partial charge >= 0.3 is 5.97 Å². The second-order valence-electron chi connectivity index (χ2n) is 8.50. The van der Waals surface area contributed by atoms with E-state index in [1.807, 2.05) is 26.8 Å². The Morgan fingerprint density at radius 1 is 1.33 bits per heavy atom. The second-order valence-corrected chi connectivity index (χ2v) is 11.1. The van der Waals surface area contributed by atoms with Crippen molar-refractivity contribution in [2.75, 3.05) is 6.61 Å². The van der Waals surface area contributed by atoms with E-state index < -0.39 is 10.0 Å². The van der Waals surface area contributed by atoms with Crippen LogP contribution in [0.1, 0.15) is 63.4 Å². The summed E-state index contributed by atoms with van der Waals surface area (Å²) in [6.45, 7) is 8.24. The molecule has 0 radical (unpaired) electrons. The van der Waals surface area contributed by atoms with Crippen LogP contribution in [0.15, 0.2) is 33.8 Å². The summed E-state index contributed by atoms with van der Waals surface area (Å²) in [7, 11) is -3.74. The molecule has 1 aromatic carbocycles. The quantitative estimate of drug-likeness (QED) is 0.611. The molecule has 0 fully saturated rings. The minimum absolute atomic E-state index is 0.0310. The molecule has 164 valence electrons. The molecule has 1 atom stereocenters. The van der Waals surface area contributed by atoms with Crippen molar-refractivity contribution in [3.8, 4) is 0 Å². The van der Waals surface area contributed by atoms with E-state index >= 15 is 0 Å². The number of rotatable bonds is 6. The molecule has 0 aliphatic heterocycles. The van der Waals surface area contributed by atoms with Gasteiger partial charge in [-0.05, 0) is 55.4 Å².